The minimum atomic E-state index is -0.273. The van der Waals surface area contributed by atoms with E-state index in [0.717, 1.165) is 6.54 Å². The first-order valence-electron chi connectivity index (χ1n) is 5.79. The van der Waals surface area contributed by atoms with Crippen molar-refractivity contribution in [1.82, 2.24) is 14.9 Å². The van der Waals surface area contributed by atoms with Gasteiger partial charge in [0.05, 0.1) is 6.33 Å². The summed E-state index contributed by atoms with van der Waals surface area (Å²) in [6.45, 7) is 3.24. The van der Waals surface area contributed by atoms with Crippen LogP contribution in [0.15, 0.2) is 36.9 Å². The molecule has 1 N–H and O–H groups in total. The van der Waals surface area contributed by atoms with Crippen molar-refractivity contribution in [3.05, 3.63) is 53.3 Å². The second kappa shape index (κ2) is 5.98. The van der Waals surface area contributed by atoms with E-state index in [4.69, 9.17) is 11.6 Å². The van der Waals surface area contributed by atoms with Gasteiger partial charge >= 0.3 is 0 Å². The number of nitrogens with one attached hydrogen (secondary N) is 1. The number of aromatic nitrogens is 2. The molecule has 18 heavy (non-hydrogen) atoms. The van der Waals surface area contributed by atoms with Gasteiger partial charge in [0.25, 0.3) is 0 Å². The van der Waals surface area contributed by atoms with Gasteiger partial charge in [-0.15, -0.1) is 0 Å². The van der Waals surface area contributed by atoms with Crippen molar-refractivity contribution >= 4 is 11.6 Å². The van der Waals surface area contributed by atoms with Crippen molar-refractivity contribution in [3.8, 4) is 0 Å². The smallest absolute Gasteiger partial charge is 0.129 e. The van der Waals surface area contributed by atoms with Crippen LogP contribution in [-0.4, -0.2) is 15.6 Å². The Kier molecular flexibility index (Phi) is 4.33. The first-order chi connectivity index (χ1) is 8.66. The predicted molar refractivity (Wildman–Crippen MR) is 69.9 cm³/mol. The van der Waals surface area contributed by atoms with E-state index in [9.17, 15) is 4.39 Å². The predicted octanol–water partition coefficient (Wildman–Crippen LogP) is 2.85. The van der Waals surface area contributed by atoms with E-state index in [1.165, 1.54) is 6.07 Å². The van der Waals surface area contributed by atoms with Crippen LogP contribution in [0.3, 0.4) is 0 Å². The highest BCUT2D eigenvalue weighted by atomic mass is 35.5. The van der Waals surface area contributed by atoms with Crippen LogP contribution < -0.4 is 5.32 Å². The average Bonchev–Trinajstić information content (AvgIpc) is 2.81. The van der Waals surface area contributed by atoms with E-state index in [2.05, 4.69) is 10.3 Å². The van der Waals surface area contributed by atoms with Crippen molar-refractivity contribution in [2.45, 2.75) is 26.1 Å². The molecule has 0 saturated carbocycles. The SMILES string of the molecule is CC(Cn1ccnc1)NCc1c(F)cccc1Cl. The summed E-state index contributed by atoms with van der Waals surface area (Å²) in [5.41, 5.74) is 0.511. The zero-order valence-electron chi connectivity index (χ0n) is 10.1. The van der Waals surface area contributed by atoms with Crippen molar-refractivity contribution in [3.63, 3.8) is 0 Å². The third-order valence-corrected chi connectivity index (χ3v) is 3.09. The lowest BCUT2D eigenvalue weighted by Gasteiger charge is -2.15. The summed E-state index contributed by atoms with van der Waals surface area (Å²) in [6.07, 6.45) is 5.39. The molecule has 0 bridgehead atoms. The molecule has 3 nitrogen and oxygen atoms in total. The Balaban J connectivity index is 1.91. The van der Waals surface area contributed by atoms with E-state index in [0.29, 0.717) is 17.1 Å². The van der Waals surface area contributed by atoms with Gasteiger partial charge in [0.2, 0.25) is 0 Å². The van der Waals surface area contributed by atoms with Gasteiger partial charge in [0.15, 0.2) is 0 Å². The Bertz CT molecular complexity index is 479. The number of benzene rings is 1. The van der Waals surface area contributed by atoms with Gasteiger partial charge in [-0.05, 0) is 19.1 Å². The van der Waals surface area contributed by atoms with Crippen LogP contribution >= 0.6 is 11.6 Å². The summed E-state index contributed by atoms with van der Waals surface area (Å²) in [4.78, 5) is 3.98. The van der Waals surface area contributed by atoms with Gasteiger partial charge in [-0.1, -0.05) is 17.7 Å². The van der Waals surface area contributed by atoms with Crippen LogP contribution in [0, 0.1) is 5.82 Å². The molecule has 96 valence electrons. The second-order valence-electron chi connectivity index (χ2n) is 4.24. The quantitative estimate of drug-likeness (QED) is 0.903. The summed E-state index contributed by atoms with van der Waals surface area (Å²) in [6, 6.07) is 4.93. The molecule has 2 aromatic rings. The fourth-order valence-electron chi connectivity index (χ4n) is 1.75. The van der Waals surface area contributed by atoms with E-state index in [1.807, 2.05) is 17.7 Å². The van der Waals surface area contributed by atoms with E-state index >= 15 is 0 Å². The third-order valence-electron chi connectivity index (χ3n) is 2.73. The van der Waals surface area contributed by atoms with Crippen LogP contribution in [0.25, 0.3) is 0 Å². The molecule has 0 spiro atoms. The molecule has 0 aliphatic rings. The van der Waals surface area contributed by atoms with Crippen LogP contribution in [0.1, 0.15) is 12.5 Å². The maximum atomic E-state index is 13.5. The maximum Gasteiger partial charge on any atom is 0.129 e. The van der Waals surface area contributed by atoms with Gasteiger partial charge in [0.1, 0.15) is 5.82 Å². The second-order valence-corrected chi connectivity index (χ2v) is 4.65. The largest absolute Gasteiger partial charge is 0.336 e. The van der Waals surface area contributed by atoms with Crippen molar-refractivity contribution in [1.29, 1.82) is 0 Å². The van der Waals surface area contributed by atoms with Gasteiger partial charge in [-0.3, -0.25) is 0 Å². The summed E-state index contributed by atoms with van der Waals surface area (Å²) in [7, 11) is 0. The van der Waals surface area contributed by atoms with Crippen molar-refractivity contribution in [2.75, 3.05) is 0 Å². The molecule has 1 heterocycles. The first-order valence-corrected chi connectivity index (χ1v) is 6.16. The molecular weight excluding hydrogens is 253 g/mol. The summed E-state index contributed by atoms with van der Waals surface area (Å²) in [5.74, 6) is -0.273. The Morgan fingerprint density at radius 2 is 2.33 bits per heavy atom. The molecule has 1 aromatic carbocycles. The highest BCUT2D eigenvalue weighted by molar-refractivity contribution is 6.31. The Labute approximate surface area is 111 Å². The Morgan fingerprint density at radius 3 is 3.00 bits per heavy atom. The number of hydrogen-bond acceptors (Lipinski definition) is 2. The molecule has 1 aromatic heterocycles. The van der Waals surface area contributed by atoms with Crippen LogP contribution in [0.5, 0.6) is 0 Å². The molecule has 2 rings (SSSR count). The molecule has 0 aliphatic heterocycles. The van der Waals surface area contributed by atoms with Gasteiger partial charge in [-0.2, -0.15) is 0 Å². The number of hydrogen-bond donors (Lipinski definition) is 1. The highest BCUT2D eigenvalue weighted by Crippen LogP contribution is 2.18. The zero-order chi connectivity index (χ0) is 13.0. The topological polar surface area (TPSA) is 29.9 Å². The number of rotatable bonds is 5. The lowest BCUT2D eigenvalue weighted by molar-refractivity contribution is 0.468. The van der Waals surface area contributed by atoms with Gasteiger partial charge in [-0.25, -0.2) is 9.37 Å². The van der Waals surface area contributed by atoms with Crippen molar-refractivity contribution in [2.24, 2.45) is 0 Å². The van der Waals surface area contributed by atoms with Crippen LogP contribution in [0.2, 0.25) is 5.02 Å². The average molecular weight is 268 g/mol. The molecular formula is C13H15ClFN3. The summed E-state index contributed by atoms with van der Waals surface area (Å²) >= 11 is 5.96. The standard InChI is InChI=1S/C13H15ClFN3/c1-10(8-18-6-5-16-9-18)17-7-11-12(14)3-2-4-13(11)15/h2-6,9-10,17H,7-8H2,1H3. The van der Waals surface area contributed by atoms with Crippen LogP contribution in [-0.2, 0) is 13.1 Å². The Hall–Kier alpha value is -1.39. The molecule has 0 saturated heterocycles. The van der Waals surface area contributed by atoms with Gasteiger partial charge in [0, 0.05) is 42.1 Å². The molecule has 1 atom stereocenters. The molecule has 0 amide bonds. The molecule has 1 unspecified atom stereocenters. The first kappa shape index (κ1) is 13.1. The van der Waals surface area contributed by atoms with Crippen molar-refractivity contribution < 1.29 is 4.39 Å². The van der Waals surface area contributed by atoms with E-state index < -0.39 is 0 Å². The zero-order valence-corrected chi connectivity index (χ0v) is 10.9. The fourth-order valence-corrected chi connectivity index (χ4v) is 1.98. The van der Waals surface area contributed by atoms with E-state index in [-0.39, 0.29) is 11.9 Å². The maximum absolute atomic E-state index is 13.5. The monoisotopic (exact) mass is 267 g/mol. The van der Waals surface area contributed by atoms with E-state index in [1.54, 1.807) is 24.7 Å². The van der Waals surface area contributed by atoms with Gasteiger partial charge < -0.3 is 9.88 Å². The normalized spacial score (nSPS) is 12.6. The minimum Gasteiger partial charge on any atom is -0.336 e. The number of nitrogens with zero attached hydrogens (tertiary/aromatic N) is 2. The lowest BCUT2D eigenvalue weighted by Crippen LogP contribution is -2.30. The lowest BCUT2D eigenvalue weighted by atomic mass is 10.2. The number of halogens is 2. The minimum absolute atomic E-state index is 0.204. The third kappa shape index (κ3) is 3.31. The fraction of sp³-hybridized carbons (Fsp3) is 0.308. The molecule has 0 fully saturated rings. The molecule has 5 heteroatoms. The van der Waals surface area contributed by atoms with Crippen LogP contribution in [0.4, 0.5) is 4.39 Å². The summed E-state index contributed by atoms with van der Waals surface area (Å²) in [5, 5.41) is 3.70. The highest BCUT2D eigenvalue weighted by Gasteiger charge is 2.08. The molecule has 0 radical (unpaired) electrons. The molecule has 0 aliphatic carbocycles. The summed E-state index contributed by atoms with van der Waals surface area (Å²) < 4.78 is 15.5. The number of imidazole rings is 1. The Morgan fingerprint density at radius 1 is 1.50 bits per heavy atom.